The van der Waals surface area contributed by atoms with Gasteiger partial charge in [0.2, 0.25) is 5.91 Å². The van der Waals surface area contributed by atoms with Gasteiger partial charge in [-0.15, -0.1) is 0 Å². The Hall–Kier alpha value is -3.14. The lowest BCUT2D eigenvalue weighted by molar-refractivity contribution is -0.122. The van der Waals surface area contributed by atoms with Crippen molar-refractivity contribution < 1.29 is 9.53 Å². The average molecular weight is 326 g/mol. The van der Waals surface area contributed by atoms with Crippen LogP contribution in [0.5, 0.6) is 5.75 Å². The fourth-order valence-corrected chi connectivity index (χ4v) is 2.25. The zero-order valence-electron chi connectivity index (χ0n) is 13.8. The first kappa shape index (κ1) is 17.2. The molecule has 1 amide bonds. The second-order valence-electron chi connectivity index (χ2n) is 5.25. The number of amides is 1. The highest BCUT2D eigenvalue weighted by Crippen LogP contribution is 2.16. The van der Waals surface area contributed by atoms with Crippen LogP contribution in [0.15, 0.2) is 29.1 Å². The summed E-state index contributed by atoms with van der Waals surface area (Å²) in [5.41, 5.74) is 1.36. The Balaban J connectivity index is 2.12. The first-order valence-electron chi connectivity index (χ1n) is 7.35. The van der Waals surface area contributed by atoms with E-state index in [9.17, 15) is 9.59 Å². The van der Waals surface area contributed by atoms with Crippen molar-refractivity contribution in [3.05, 3.63) is 57.0 Å². The van der Waals surface area contributed by atoms with Crippen molar-refractivity contribution in [2.24, 2.45) is 0 Å². The second kappa shape index (κ2) is 7.42. The summed E-state index contributed by atoms with van der Waals surface area (Å²) in [5, 5.41) is 15.9. The first-order valence-corrected chi connectivity index (χ1v) is 7.35. The lowest BCUT2D eigenvalue weighted by atomic mass is 10.1. The van der Waals surface area contributed by atoms with Gasteiger partial charge in [-0.05, 0) is 25.5 Å². The van der Waals surface area contributed by atoms with E-state index in [-0.39, 0.29) is 24.6 Å². The maximum Gasteiger partial charge on any atom is 0.285 e. The van der Waals surface area contributed by atoms with Crippen molar-refractivity contribution in [2.45, 2.75) is 26.9 Å². The van der Waals surface area contributed by atoms with Crippen LogP contribution in [0.2, 0.25) is 0 Å². The van der Waals surface area contributed by atoms with Gasteiger partial charge in [-0.2, -0.15) is 10.4 Å². The molecule has 0 radical (unpaired) electrons. The number of aromatic nitrogens is 2. The molecule has 0 saturated carbocycles. The predicted molar refractivity (Wildman–Crippen MR) is 87.5 cm³/mol. The van der Waals surface area contributed by atoms with Gasteiger partial charge in [-0.25, -0.2) is 4.68 Å². The molecule has 1 aromatic heterocycles. The Morgan fingerprint density at radius 1 is 1.38 bits per heavy atom. The van der Waals surface area contributed by atoms with E-state index in [4.69, 9.17) is 10.00 Å². The number of ether oxygens (including phenoxy) is 1. The lowest BCUT2D eigenvalue weighted by Gasteiger charge is -2.11. The number of carbonyl (C=O) groups excluding carboxylic acids is 1. The largest absolute Gasteiger partial charge is 0.496 e. The highest BCUT2D eigenvalue weighted by atomic mass is 16.5. The van der Waals surface area contributed by atoms with Crippen molar-refractivity contribution in [1.29, 1.82) is 5.26 Å². The second-order valence-corrected chi connectivity index (χ2v) is 5.25. The number of nitrogens with one attached hydrogen (secondary N) is 1. The third-order valence-corrected chi connectivity index (χ3v) is 3.71. The molecular formula is C17H18N4O3. The molecule has 1 heterocycles. The highest BCUT2D eigenvalue weighted by Gasteiger charge is 2.14. The summed E-state index contributed by atoms with van der Waals surface area (Å²) in [5.74, 6) is 0.300. The summed E-state index contributed by atoms with van der Waals surface area (Å²) in [6.45, 7) is 3.38. The summed E-state index contributed by atoms with van der Waals surface area (Å²) in [4.78, 5) is 24.3. The summed E-state index contributed by atoms with van der Waals surface area (Å²) in [6, 6.07) is 9.20. The van der Waals surface area contributed by atoms with Crippen molar-refractivity contribution >= 4 is 5.91 Å². The molecule has 0 spiro atoms. The molecule has 0 fully saturated rings. The monoisotopic (exact) mass is 326 g/mol. The Morgan fingerprint density at radius 2 is 2.08 bits per heavy atom. The lowest BCUT2D eigenvalue weighted by Crippen LogP contribution is -2.35. The van der Waals surface area contributed by atoms with Crippen molar-refractivity contribution in [2.75, 3.05) is 7.11 Å². The van der Waals surface area contributed by atoms with Gasteiger partial charge in [-0.3, -0.25) is 9.59 Å². The molecule has 0 aliphatic heterocycles. The molecule has 1 N–H and O–H groups in total. The molecule has 2 aromatic rings. The fraction of sp³-hybridized carbons (Fsp3) is 0.294. The number of benzene rings is 1. The van der Waals surface area contributed by atoms with Gasteiger partial charge in [0.25, 0.3) is 5.56 Å². The van der Waals surface area contributed by atoms with Gasteiger partial charge in [0.1, 0.15) is 23.9 Å². The molecule has 124 valence electrons. The quantitative estimate of drug-likeness (QED) is 0.886. The summed E-state index contributed by atoms with van der Waals surface area (Å²) >= 11 is 0. The number of hydrogen-bond donors (Lipinski definition) is 1. The van der Waals surface area contributed by atoms with Crippen LogP contribution in [-0.4, -0.2) is 22.8 Å². The number of nitrogens with zero attached hydrogens (tertiary/aromatic N) is 3. The zero-order valence-corrected chi connectivity index (χ0v) is 13.8. The molecule has 0 aliphatic rings. The maximum absolute atomic E-state index is 12.2. The number of carbonyl (C=O) groups is 1. The fourth-order valence-electron chi connectivity index (χ4n) is 2.25. The smallest absolute Gasteiger partial charge is 0.285 e. The molecule has 0 saturated heterocycles. The molecule has 2 rings (SSSR count). The minimum atomic E-state index is -0.562. The van der Waals surface area contributed by atoms with Crippen LogP contribution in [0.4, 0.5) is 0 Å². The van der Waals surface area contributed by atoms with Crippen LogP contribution in [0.1, 0.15) is 22.4 Å². The SMILES string of the molecule is COc1ccccc1CNC(=O)Cn1nc(C)c(C)c(C#N)c1=O. The van der Waals surface area contributed by atoms with Crippen molar-refractivity contribution in [1.82, 2.24) is 15.1 Å². The van der Waals surface area contributed by atoms with Crippen LogP contribution in [-0.2, 0) is 17.9 Å². The van der Waals surface area contributed by atoms with E-state index in [1.54, 1.807) is 27.0 Å². The number of para-hydroxylation sites is 1. The van der Waals surface area contributed by atoms with Crippen LogP contribution < -0.4 is 15.6 Å². The van der Waals surface area contributed by atoms with Gasteiger partial charge in [0, 0.05) is 12.1 Å². The van der Waals surface area contributed by atoms with E-state index in [2.05, 4.69) is 10.4 Å². The number of rotatable bonds is 5. The third-order valence-electron chi connectivity index (χ3n) is 3.71. The maximum atomic E-state index is 12.2. The van der Waals surface area contributed by atoms with Gasteiger partial charge in [-0.1, -0.05) is 18.2 Å². The van der Waals surface area contributed by atoms with Crippen LogP contribution in [0.3, 0.4) is 0 Å². The number of hydrogen-bond acceptors (Lipinski definition) is 5. The average Bonchev–Trinajstić information content (AvgIpc) is 2.58. The molecule has 7 nitrogen and oxygen atoms in total. The Labute approximate surface area is 139 Å². The van der Waals surface area contributed by atoms with Gasteiger partial charge in [0.15, 0.2) is 0 Å². The van der Waals surface area contributed by atoms with Crippen LogP contribution >= 0.6 is 0 Å². The van der Waals surface area contributed by atoms with Gasteiger partial charge in [0.05, 0.1) is 12.8 Å². The molecule has 1 aromatic carbocycles. The van der Waals surface area contributed by atoms with Crippen LogP contribution in [0, 0.1) is 25.2 Å². The standard InChI is InChI=1S/C17H18N4O3/c1-11-12(2)20-21(17(23)14(11)8-18)10-16(22)19-9-13-6-4-5-7-15(13)24-3/h4-7H,9-10H2,1-3H3,(H,19,22). The molecule has 0 aliphatic carbocycles. The van der Waals surface area contributed by atoms with E-state index in [0.717, 1.165) is 10.2 Å². The summed E-state index contributed by atoms with van der Waals surface area (Å²) in [6.07, 6.45) is 0. The molecular weight excluding hydrogens is 308 g/mol. The predicted octanol–water partition coefficient (Wildman–Crippen LogP) is 1.06. The normalized spacial score (nSPS) is 10.1. The Kier molecular flexibility index (Phi) is 5.32. The minimum absolute atomic E-state index is 0.0139. The van der Waals surface area contributed by atoms with Gasteiger partial charge >= 0.3 is 0 Å². The number of nitriles is 1. The van der Waals surface area contributed by atoms with E-state index >= 15 is 0 Å². The Morgan fingerprint density at radius 3 is 2.75 bits per heavy atom. The summed E-state index contributed by atoms with van der Waals surface area (Å²) in [7, 11) is 1.56. The zero-order chi connectivity index (χ0) is 17.7. The molecule has 0 bridgehead atoms. The van der Waals surface area contributed by atoms with Crippen molar-refractivity contribution in [3.8, 4) is 11.8 Å². The topological polar surface area (TPSA) is 97.0 Å². The molecule has 0 atom stereocenters. The molecule has 24 heavy (non-hydrogen) atoms. The summed E-state index contributed by atoms with van der Waals surface area (Å²) < 4.78 is 6.23. The number of methoxy groups -OCH3 is 1. The van der Waals surface area contributed by atoms with Crippen LogP contribution in [0.25, 0.3) is 0 Å². The van der Waals surface area contributed by atoms with Crippen molar-refractivity contribution in [3.63, 3.8) is 0 Å². The Bertz CT molecular complexity index is 865. The third kappa shape index (κ3) is 3.60. The molecule has 7 heteroatoms. The van der Waals surface area contributed by atoms with E-state index < -0.39 is 5.56 Å². The van der Waals surface area contributed by atoms with E-state index in [0.29, 0.717) is 17.0 Å². The number of aryl methyl sites for hydroxylation is 1. The van der Waals surface area contributed by atoms with E-state index in [1.807, 2.05) is 24.3 Å². The first-order chi connectivity index (χ1) is 11.5. The molecule has 0 unspecified atom stereocenters. The van der Waals surface area contributed by atoms with E-state index in [1.165, 1.54) is 0 Å². The highest BCUT2D eigenvalue weighted by molar-refractivity contribution is 5.75. The minimum Gasteiger partial charge on any atom is -0.496 e. The van der Waals surface area contributed by atoms with Gasteiger partial charge < -0.3 is 10.1 Å².